The molecule has 1 atom stereocenters. The van der Waals surface area contributed by atoms with Crippen LogP contribution in [-0.2, 0) is 0 Å². The Kier molecular flexibility index (Phi) is 3.54. The maximum atomic E-state index is 9.77. The van der Waals surface area contributed by atoms with Crippen molar-refractivity contribution in [1.29, 1.82) is 0 Å². The van der Waals surface area contributed by atoms with Crippen LogP contribution in [0, 0.1) is 0 Å². The zero-order chi connectivity index (χ0) is 14.1. The van der Waals surface area contributed by atoms with Crippen LogP contribution in [-0.4, -0.2) is 34.3 Å². The molecule has 0 bridgehead atoms. The van der Waals surface area contributed by atoms with Crippen LogP contribution in [0.15, 0.2) is 24.4 Å². The predicted molar refractivity (Wildman–Crippen MR) is 80.9 cm³/mol. The van der Waals surface area contributed by atoms with Gasteiger partial charge in [0.1, 0.15) is 11.0 Å². The maximum absolute atomic E-state index is 9.77. The highest BCUT2D eigenvalue weighted by Gasteiger charge is 2.21. The molecule has 1 aliphatic heterocycles. The van der Waals surface area contributed by atoms with Gasteiger partial charge in [0, 0.05) is 30.5 Å². The Hall–Kier alpha value is -1.72. The molecule has 0 radical (unpaired) electrons. The summed E-state index contributed by atoms with van der Waals surface area (Å²) >= 11 is 5.91. The Morgan fingerprint density at radius 3 is 3.05 bits per heavy atom. The summed E-state index contributed by atoms with van der Waals surface area (Å²) in [6.07, 6.45) is 3.20. The zero-order valence-electron chi connectivity index (χ0n) is 11.0. The first kappa shape index (κ1) is 13.3. The predicted octanol–water partition coefficient (Wildman–Crippen LogP) is 2.27. The van der Waals surface area contributed by atoms with Gasteiger partial charge in [-0.1, -0.05) is 11.6 Å². The van der Waals surface area contributed by atoms with Crippen molar-refractivity contribution >= 4 is 23.1 Å². The maximum Gasteiger partial charge on any atom is 0.130 e. The highest BCUT2D eigenvalue weighted by atomic mass is 35.5. The number of anilines is 2. The van der Waals surface area contributed by atoms with Crippen LogP contribution in [0.4, 0.5) is 11.5 Å². The molecule has 0 aromatic carbocycles. The van der Waals surface area contributed by atoms with Crippen LogP contribution in [0.2, 0.25) is 5.15 Å². The van der Waals surface area contributed by atoms with Gasteiger partial charge in [-0.25, -0.2) is 4.98 Å². The molecule has 106 valence electrons. The van der Waals surface area contributed by atoms with Crippen LogP contribution in [0.1, 0.15) is 12.8 Å². The summed E-state index contributed by atoms with van der Waals surface area (Å²) in [4.78, 5) is 9.38. The van der Waals surface area contributed by atoms with Gasteiger partial charge >= 0.3 is 0 Å². The zero-order valence-corrected chi connectivity index (χ0v) is 11.8. The molecular weight excluding hydrogens is 276 g/mol. The van der Waals surface area contributed by atoms with Gasteiger partial charge in [0.25, 0.3) is 0 Å². The molecule has 1 saturated heterocycles. The molecule has 1 unspecified atom stereocenters. The van der Waals surface area contributed by atoms with Crippen LogP contribution >= 0.6 is 11.6 Å². The number of aromatic nitrogens is 2. The number of halogens is 1. The minimum Gasteiger partial charge on any atom is -0.396 e. The van der Waals surface area contributed by atoms with E-state index in [2.05, 4.69) is 14.9 Å². The van der Waals surface area contributed by atoms with E-state index in [4.69, 9.17) is 17.3 Å². The topological polar surface area (TPSA) is 78.2 Å². The Morgan fingerprint density at radius 1 is 1.45 bits per heavy atom. The number of nitrogens with zero attached hydrogens (tertiary/aromatic N) is 2. The van der Waals surface area contributed by atoms with Gasteiger partial charge in [0.15, 0.2) is 0 Å². The number of nitrogens with two attached hydrogens (primary N) is 1. The van der Waals surface area contributed by atoms with Crippen molar-refractivity contribution in [2.45, 2.75) is 18.9 Å². The fraction of sp³-hybridized carbons (Fsp3) is 0.357. The van der Waals surface area contributed by atoms with Crippen LogP contribution < -0.4 is 10.6 Å². The number of rotatable bonds is 2. The lowest BCUT2D eigenvalue weighted by Gasteiger charge is -2.31. The SMILES string of the molecule is Nc1cc(-c2ccnc(Cl)c2)[nH]c1N1CCCC(O)C1. The van der Waals surface area contributed by atoms with E-state index in [0.717, 1.165) is 36.5 Å². The quantitative estimate of drug-likeness (QED) is 0.742. The fourth-order valence-corrected chi connectivity index (χ4v) is 2.78. The van der Waals surface area contributed by atoms with Crippen molar-refractivity contribution < 1.29 is 5.11 Å². The molecule has 4 N–H and O–H groups in total. The summed E-state index contributed by atoms with van der Waals surface area (Å²) in [6, 6.07) is 5.57. The number of H-pyrrole nitrogens is 1. The molecule has 2 aromatic rings. The average molecular weight is 293 g/mol. The Balaban J connectivity index is 1.91. The molecule has 3 heterocycles. The second-order valence-corrected chi connectivity index (χ2v) is 5.48. The highest BCUT2D eigenvalue weighted by molar-refractivity contribution is 6.29. The van der Waals surface area contributed by atoms with Gasteiger partial charge < -0.3 is 20.7 Å². The lowest BCUT2D eigenvalue weighted by molar-refractivity contribution is 0.154. The molecule has 1 aliphatic rings. The molecule has 2 aromatic heterocycles. The van der Waals surface area contributed by atoms with E-state index in [1.807, 2.05) is 12.1 Å². The summed E-state index contributed by atoms with van der Waals surface area (Å²) in [7, 11) is 0. The minimum atomic E-state index is -0.287. The average Bonchev–Trinajstić information content (AvgIpc) is 2.81. The number of aromatic amines is 1. The number of hydrogen-bond donors (Lipinski definition) is 3. The Morgan fingerprint density at radius 2 is 2.30 bits per heavy atom. The molecule has 0 spiro atoms. The lowest BCUT2D eigenvalue weighted by Crippen LogP contribution is -2.38. The van der Waals surface area contributed by atoms with Crippen molar-refractivity contribution in [3.8, 4) is 11.3 Å². The number of nitrogens with one attached hydrogen (secondary N) is 1. The second kappa shape index (κ2) is 5.34. The largest absolute Gasteiger partial charge is 0.396 e. The van der Waals surface area contributed by atoms with E-state index in [1.54, 1.807) is 12.3 Å². The number of nitrogen functional groups attached to an aromatic ring is 1. The molecule has 20 heavy (non-hydrogen) atoms. The van der Waals surface area contributed by atoms with Crippen molar-refractivity contribution in [2.75, 3.05) is 23.7 Å². The monoisotopic (exact) mass is 292 g/mol. The third-order valence-electron chi connectivity index (χ3n) is 3.58. The van der Waals surface area contributed by atoms with E-state index in [-0.39, 0.29) is 6.10 Å². The third kappa shape index (κ3) is 2.59. The number of hydrogen-bond acceptors (Lipinski definition) is 4. The summed E-state index contributed by atoms with van der Waals surface area (Å²) < 4.78 is 0. The summed E-state index contributed by atoms with van der Waals surface area (Å²) in [5, 5.41) is 10.2. The highest BCUT2D eigenvalue weighted by Crippen LogP contribution is 2.31. The Bertz CT molecular complexity index is 613. The van der Waals surface area contributed by atoms with Gasteiger partial charge in [0.05, 0.1) is 11.8 Å². The van der Waals surface area contributed by atoms with Crippen molar-refractivity contribution in [1.82, 2.24) is 9.97 Å². The first-order chi connectivity index (χ1) is 9.63. The Labute approximate surface area is 122 Å². The van der Waals surface area contributed by atoms with Crippen molar-refractivity contribution in [3.63, 3.8) is 0 Å². The number of β-amino-alcohol motifs (C(OH)–C–C–N with tert-alkyl or cyclic N) is 1. The van der Waals surface area contributed by atoms with Crippen LogP contribution in [0.5, 0.6) is 0 Å². The molecule has 0 saturated carbocycles. The first-order valence-corrected chi connectivity index (χ1v) is 7.04. The van der Waals surface area contributed by atoms with Gasteiger partial charge in [-0.15, -0.1) is 0 Å². The summed E-state index contributed by atoms with van der Waals surface area (Å²) in [5.74, 6) is 0.867. The summed E-state index contributed by atoms with van der Waals surface area (Å²) in [5.41, 5.74) is 8.62. The first-order valence-electron chi connectivity index (χ1n) is 6.67. The van der Waals surface area contributed by atoms with E-state index < -0.39 is 0 Å². The molecule has 0 amide bonds. The smallest absolute Gasteiger partial charge is 0.130 e. The number of pyridine rings is 1. The van der Waals surface area contributed by atoms with E-state index in [9.17, 15) is 5.11 Å². The van der Waals surface area contributed by atoms with Crippen LogP contribution in [0.25, 0.3) is 11.3 Å². The standard InChI is InChI=1S/C14H17ClN4O/c15-13-6-9(3-4-17-13)12-7-11(16)14(18-12)19-5-1-2-10(20)8-19/h3-4,6-7,10,18,20H,1-2,5,8,16H2. The molecule has 1 fully saturated rings. The third-order valence-corrected chi connectivity index (χ3v) is 3.78. The lowest BCUT2D eigenvalue weighted by atomic mass is 10.1. The van der Waals surface area contributed by atoms with Crippen molar-refractivity contribution in [3.05, 3.63) is 29.5 Å². The molecule has 6 heteroatoms. The van der Waals surface area contributed by atoms with E-state index >= 15 is 0 Å². The van der Waals surface area contributed by atoms with E-state index in [0.29, 0.717) is 17.4 Å². The van der Waals surface area contributed by atoms with Crippen molar-refractivity contribution in [2.24, 2.45) is 0 Å². The van der Waals surface area contributed by atoms with Gasteiger partial charge in [-0.3, -0.25) is 0 Å². The minimum absolute atomic E-state index is 0.287. The second-order valence-electron chi connectivity index (χ2n) is 5.10. The van der Waals surface area contributed by atoms with Gasteiger partial charge in [-0.05, 0) is 31.0 Å². The van der Waals surface area contributed by atoms with Gasteiger partial charge in [-0.2, -0.15) is 0 Å². The molecular formula is C14H17ClN4O. The number of aliphatic hydroxyl groups is 1. The number of piperidine rings is 1. The number of aliphatic hydroxyl groups excluding tert-OH is 1. The fourth-order valence-electron chi connectivity index (χ4n) is 2.60. The van der Waals surface area contributed by atoms with Gasteiger partial charge in [0.2, 0.25) is 0 Å². The molecule has 5 nitrogen and oxygen atoms in total. The van der Waals surface area contributed by atoms with Crippen LogP contribution in [0.3, 0.4) is 0 Å². The normalized spacial score (nSPS) is 19.3. The molecule has 3 rings (SSSR count). The molecule has 0 aliphatic carbocycles. The van der Waals surface area contributed by atoms with E-state index in [1.165, 1.54) is 0 Å². The summed E-state index contributed by atoms with van der Waals surface area (Å²) in [6.45, 7) is 1.51.